The van der Waals surface area contributed by atoms with Gasteiger partial charge in [-0.2, -0.15) is 4.31 Å². The molecular weight excluding hydrogens is 404 g/mol. The maximum Gasteiger partial charge on any atom is 0.277 e. The summed E-state index contributed by atoms with van der Waals surface area (Å²) in [6.07, 6.45) is 0. The number of amides is 1. The first-order valence-corrected chi connectivity index (χ1v) is 11.0. The molecule has 1 aliphatic rings. The smallest absolute Gasteiger partial charge is 0.277 e. The Hall–Kier alpha value is -3.01. The van der Waals surface area contributed by atoms with Gasteiger partial charge in [0, 0.05) is 43.5 Å². The average Bonchev–Trinajstić information content (AvgIpc) is 3.25. The Bertz CT molecular complexity index is 1140. The van der Waals surface area contributed by atoms with Crippen LogP contribution in [0.4, 0.5) is 5.69 Å². The number of hydrogen-bond acceptors (Lipinski definition) is 6. The SMILES string of the molecule is CN1CCN(S(=O)(=O)c2cccc(NC(=O)c3cc(-c4ccccc4)on3)c2)CC1. The summed E-state index contributed by atoms with van der Waals surface area (Å²) < 4.78 is 32.6. The topological polar surface area (TPSA) is 95.8 Å². The first-order chi connectivity index (χ1) is 14.4. The van der Waals surface area contributed by atoms with Crippen molar-refractivity contribution >= 4 is 21.6 Å². The van der Waals surface area contributed by atoms with Crippen LogP contribution in [0.2, 0.25) is 0 Å². The van der Waals surface area contributed by atoms with Crippen LogP contribution in [0.25, 0.3) is 11.3 Å². The van der Waals surface area contributed by atoms with Gasteiger partial charge in [-0.25, -0.2) is 8.42 Å². The average molecular weight is 426 g/mol. The lowest BCUT2D eigenvalue weighted by Crippen LogP contribution is -2.47. The molecule has 0 atom stereocenters. The standard InChI is InChI=1S/C21H22N4O4S/c1-24-10-12-25(13-11-24)30(27,28)18-9-5-8-17(14-18)22-21(26)19-15-20(29-23-19)16-6-3-2-4-7-16/h2-9,14-15H,10-13H2,1H3,(H,22,26). The van der Waals surface area contributed by atoms with Crippen LogP contribution in [0.15, 0.2) is 70.1 Å². The number of sulfonamides is 1. The van der Waals surface area contributed by atoms with Gasteiger partial charge in [0.15, 0.2) is 11.5 Å². The normalized spacial score (nSPS) is 15.8. The van der Waals surface area contributed by atoms with Gasteiger partial charge in [-0.15, -0.1) is 0 Å². The monoisotopic (exact) mass is 426 g/mol. The third kappa shape index (κ3) is 4.28. The number of nitrogens with zero attached hydrogens (tertiary/aromatic N) is 3. The van der Waals surface area contributed by atoms with E-state index < -0.39 is 15.9 Å². The first kappa shape index (κ1) is 20.3. The second-order valence-corrected chi connectivity index (χ2v) is 9.07. The molecule has 1 fully saturated rings. The molecule has 8 nitrogen and oxygen atoms in total. The van der Waals surface area contributed by atoms with Gasteiger partial charge >= 0.3 is 0 Å². The Morgan fingerprint density at radius 2 is 1.73 bits per heavy atom. The quantitative estimate of drug-likeness (QED) is 0.674. The maximum atomic E-state index is 12.9. The molecule has 0 spiro atoms. The number of hydrogen-bond donors (Lipinski definition) is 1. The molecule has 1 aliphatic heterocycles. The molecule has 2 aromatic carbocycles. The molecule has 2 heterocycles. The molecule has 30 heavy (non-hydrogen) atoms. The fourth-order valence-corrected chi connectivity index (χ4v) is 4.70. The highest BCUT2D eigenvalue weighted by Crippen LogP contribution is 2.23. The number of carbonyl (C=O) groups is 1. The third-order valence-electron chi connectivity index (χ3n) is 4.99. The summed E-state index contributed by atoms with van der Waals surface area (Å²) in [7, 11) is -1.65. The van der Waals surface area contributed by atoms with E-state index in [0.29, 0.717) is 37.6 Å². The lowest BCUT2D eigenvalue weighted by molar-refractivity contribution is 0.101. The van der Waals surface area contributed by atoms with Gasteiger partial charge in [-0.1, -0.05) is 41.6 Å². The highest BCUT2D eigenvalue weighted by Gasteiger charge is 2.27. The van der Waals surface area contributed by atoms with E-state index in [-0.39, 0.29) is 10.6 Å². The molecule has 1 aromatic heterocycles. The number of nitrogens with one attached hydrogen (secondary N) is 1. The molecule has 0 saturated carbocycles. The zero-order valence-electron chi connectivity index (χ0n) is 16.5. The van der Waals surface area contributed by atoms with Crippen LogP contribution in [0, 0.1) is 0 Å². The number of benzene rings is 2. The Kier molecular flexibility index (Phi) is 5.67. The van der Waals surface area contributed by atoms with Crippen molar-refractivity contribution in [3.63, 3.8) is 0 Å². The molecule has 0 aliphatic carbocycles. The summed E-state index contributed by atoms with van der Waals surface area (Å²) in [6, 6.07) is 17.1. The van der Waals surface area contributed by atoms with E-state index in [0.717, 1.165) is 5.56 Å². The largest absolute Gasteiger partial charge is 0.355 e. The lowest BCUT2D eigenvalue weighted by atomic mass is 10.1. The van der Waals surface area contributed by atoms with Crippen molar-refractivity contribution in [2.24, 2.45) is 0 Å². The summed E-state index contributed by atoms with van der Waals surface area (Å²) in [6.45, 7) is 2.25. The van der Waals surface area contributed by atoms with E-state index in [4.69, 9.17) is 4.52 Å². The van der Waals surface area contributed by atoms with E-state index >= 15 is 0 Å². The summed E-state index contributed by atoms with van der Waals surface area (Å²) in [5, 5.41) is 6.52. The lowest BCUT2D eigenvalue weighted by Gasteiger charge is -2.31. The van der Waals surface area contributed by atoms with Gasteiger partial charge in [0.2, 0.25) is 10.0 Å². The fourth-order valence-electron chi connectivity index (χ4n) is 3.23. The van der Waals surface area contributed by atoms with Crippen molar-refractivity contribution in [2.75, 3.05) is 38.5 Å². The molecule has 0 unspecified atom stereocenters. The van der Waals surface area contributed by atoms with Crippen molar-refractivity contribution < 1.29 is 17.7 Å². The van der Waals surface area contributed by atoms with Crippen LogP contribution < -0.4 is 5.32 Å². The molecule has 1 N–H and O–H groups in total. The molecule has 1 amide bonds. The van der Waals surface area contributed by atoms with Crippen LogP contribution in [-0.4, -0.2) is 61.9 Å². The molecule has 0 bridgehead atoms. The van der Waals surface area contributed by atoms with Gasteiger partial charge < -0.3 is 14.7 Å². The van der Waals surface area contributed by atoms with Crippen molar-refractivity contribution in [1.82, 2.24) is 14.4 Å². The Morgan fingerprint density at radius 1 is 1.00 bits per heavy atom. The van der Waals surface area contributed by atoms with Crippen molar-refractivity contribution in [1.29, 1.82) is 0 Å². The van der Waals surface area contributed by atoms with Gasteiger partial charge in [-0.3, -0.25) is 4.79 Å². The molecule has 3 aromatic rings. The fraction of sp³-hybridized carbons (Fsp3) is 0.238. The number of piperazine rings is 1. The predicted molar refractivity (Wildman–Crippen MR) is 113 cm³/mol. The highest BCUT2D eigenvalue weighted by atomic mass is 32.2. The maximum absolute atomic E-state index is 12.9. The van der Waals surface area contributed by atoms with Crippen molar-refractivity contribution in [2.45, 2.75) is 4.90 Å². The summed E-state index contributed by atoms with van der Waals surface area (Å²) >= 11 is 0. The number of aromatic nitrogens is 1. The predicted octanol–water partition coefficient (Wildman–Crippen LogP) is 2.53. The van der Waals surface area contributed by atoms with Crippen LogP contribution in [-0.2, 0) is 10.0 Å². The minimum Gasteiger partial charge on any atom is -0.355 e. The van der Waals surface area contributed by atoms with Crippen molar-refractivity contribution in [3.05, 3.63) is 66.4 Å². The number of carbonyl (C=O) groups excluding carboxylic acids is 1. The summed E-state index contributed by atoms with van der Waals surface area (Å²) in [4.78, 5) is 14.8. The van der Waals surface area contributed by atoms with Crippen molar-refractivity contribution in [3.8, 4) is 11.3 Å². The third-order valence-corrected chi connectivity index (χ3v) is 6.89. The molecule has 1 saturated heterocycles. The van der Waals surface area contributed by atoms with E-state index in [1.165, 1.54) is 16.4 Å². The second-order valence-electron chi connectivity index (χ2n) is 7.13. The van der Waals surface area contributed by atoms with E-state index in [1.807, 2.05) is 37.4 Å². The molecule has 0 radical (unpaired) electrons. The minimum absolute atomic E-state index is 0.112. The van der Waals surface area contributed by atoms with Crippen LogP contribution in [0.1, 0.15) is 10.5 Å². The van der Waals surface area contributed by atoms with Gasteiger partial charge in [0.05, 0.1) is 4.90 Å². The Labute approximate surface area is 175 Å². The van der Waals surface area contributed by atoms with E-state index in [2.05, 4.69) is 15.4 Å². The number of anilines is 1. The zero-order valence-corrected chi connectivity index (χ0v) is 17.3. The summed E-state index contributed by atoms with van der Waals surface area (Å²) in [5.41, 5.74) is 1.30. The molecule has 9 heteroatoms. The van der Waals surface area contributed by atoms with E-state index in [1.54, 1.807) is 18.2 Å². The van der Waals surface area contributed by atoms with Gasteiger partial charge in [0.1, 0.15) is 0 Å². The minimum atomic E-state index is -3.62. The van der Waals surface area contributed by atoms with Crippen LogP contribution in [0.5, 0.6) is 0 Å². The van der Waals surface area contributed by atoms with Gasteiger partial charge in [0.25, 0.3) is 5.91 Å². The summed E-state index contributed by atoms with van der Waals surface area (Å²) in [5.74, 6) is 0.00206. The van der Waals surface area contributed by atoms with E-state index in [9.17, 15) is 13.2 Å². The molecule has 4 rings (SSSR count). The van der Waals surface area contributed by atoms with Crippen LogP contribution >= 0.6 is 0 Å². The second kappa shape index (κ2) is 8.39. The number of likely N-dealkylation sites (N-methyl/N-ethyl adjacent to an activating group) is 1. The molecular formula is C21H22N4O4S. The van der Waals surface area contributed by atoms with Crippen LogP contribution in [0.3, 0.4) is 0 Å². The highest BCUT2D eigenvalue weighted by molar-refractivity contribution is 7.89. The Balaban J connectivity index is 1.49. The zero-order chi connectivity index (χ0) is 21.1. The number of rotatable bonds is 5. The molecule has 156 valence electrons. The first-order valence-electron chi connectivity index (χ1n) is 9.56. The Morgan fingerprint density at radius 3 is 2.47 bits per heavy atom. The van der Waals surface area contributed by atoms with Gasteiger partial charge in [-0.05, 0) is 25.2 Å².